The van der Waals surface area contributed by atoms with Gasteiger partial charge in [0.15, 0.2) is 6.10 Å². The van der Waals surface area contributed by atoms with Crippen molar-refractivity contribution in [3.05, 3.63) is 34.9 Å². The summed E-state index contributed by atoms with van der Waals surface area (Å²) in [5.41, 5.74) is 2.93. The SMILES string of the molecule is CCCCN(C)C(=O)C(O)c1ccc(C)c(C)c1. The lowest BCUT2D eigenvalue weighted by molar-refractivity contribution is -0.139. The molecule has 0 spiro atoms. The molecule has 3 heteroatoms. The van der Waals surface area contributed by atoms with E-state index in [1.165, 1.54) is 0 Å². The first kappa shape index (κ1) is 14.7. The number of carbonyl (C=O) groups excluding carboxylic acids is 1. The van der Waals surface area contributed by atoms with Gasteiger partial charge in [0, 0.05) is 13.6 Å². The Morgan fingerprint density at radius 2 is 2.00 bits per heavy atom. The summed E-state index contributed by atoms with van der Waals surface area (Å²) in [6, 6.07) is 5.64. The maximum atomic E-state index is 12.0. The zero-order valence-corrected chi connectivity index (χ0v) is 11.7. The highest BCUT2D eigenvalue weighted by Gasteiger charge is 2.21. The second kappa shape index (κ2) is 6.55. The molecular weight excluding hydrogens is 226 g/mol. The van der Waals surface area contributed by atoms with Crippen LogP contribution in [0.4, 0.5) is 0 Å². The summed E-state index contributed by atoms with van der Waals surface area (Å²) in [5, 5.41) is 10.1. The maximum Gasteiger partial charge on any atom is 0.255 e. The largest absolute Gasteiger partial charge is 0.378 e. The van der Waals surface area contributed by atoms with E-state index in [2.05, 4.69) is 6.92 Å². The molecule has 3 nitrogen and oxygen atoms in total. The molecule has 0 aliphatic carbocycles. The quantitative estimate of drug-likeness (QED) is 0.871. The molecule has 0 radical (unpaired) electrons. The highest BCUT2D eigenvalue weighted by Crippen LogP contribution is 2.18. The Kier molecular flexibility index (Phi) is 5.35. The van der Waals surface area contributed by atoms with Crippen molar-refractivity contribution >= 4 is 5.91 Å². The van der Waals surface area contributed by atoms with E-state index in [1.807, 2.05) is 32.0 Å². The number of hydrogen-bond donors (Lipinski definition) is 1. The molecule has 18 heavy (non-hydrogen) atoms. The molecule has 0 aliphatic rings. The Balaban J connectivity index is 2.76. The van der Waals surface area contributed by atoms with Gasteiger partial charge in [-0.15, -0.1) is 0 Å². The number of benzene rings is 1. The van der Waals surface area contributed by atoms with Gasteiger partial charge in [-0.05, 0) is 37.0 Å². The maximum absolute atomic E-state index is 12.0. The van der Waals surface area contributed by atoms with Crippen molar-refractivity contribution < 1.29 is 9.90 Å². The van der Waals surface area contributed by atoms with E-state index in [4.69, 9.17) is 0 Å². The number of aliphatic hydroxyl groups excluding tert-OH is 1. The number of unbranched alkanes of at least 4 members (excludes halogenated alkanes) is 1. The molecule has 1 atom stereocenters. The minimum Gasteiger partial charge on any atom is -0.378 e. The zero-order chi connectivity index (χ0) is 13.7. The van der Waals surface area contributed by atoms with Crippen molar-refractivity contribution in [2.75, 3.05) is 13.6 Å². The first-order valence-electron chi connectivity index (χ1n) is 6.47. The Bertz CT molecular complexity index is 415. The molecule has 0 aromatic heterocycles. The summed E-state index contributed by atoms with van der Waals surface area (Å²) in [6.45, 7) is 6.77. The molecule has 1 rings (SSSR count). The Morgan fingerprint density at radius 1 is 1.33 bits per heavy atom. The monoisotopic (exact) mass is 249 g/mol. The number of carbonyl (C=O) groups is 1. The van der Waals surface area contributed by atoms with Gasteiger partial charge in [0.2, 0.25) is 0 Å². The molecule has 0 bridgehead atoms. The summed E-state index contributed by atoms with van der Waals surface area (Å²) in [6.07, 6.45) is 0.949. The first-order chi connectivity index (χ1) is 8.47. The summed E-state index contributed by atoms with van der Waals surface area (Å²) in [5.74, 6) is -0.230. The van der Waals surface area contributed by atoms with E-state index >= 15 is 0 Å². The average molecular weight is 249 g/mol. The average Bonchev–Trinajstić information content (AvgIpc) is 2.37. The van der Waals surface area contributed by atoms with E-state index in [1.54, 1.807) is 11.9 Å². The van der Waals surface area contributed by atoms with Crippen molar-refractivity contribution in [2.24, 2.45) is 0 Å². The van der Waals surface area contributed by atoms with Crippen LogP contribution in [0.2, 0.25) is 0 Å². The predicted octanol–water partition coefficient (Wildman–Crippen LogP) is 2.60. The fourth-order valence-corrected chi connectivity index (χ4v) is 1.79. The van der Waals surface area contributed by atoms with Gasteiger partial charge < -0.3 is 10.0 Å². The van der Waals surface area contributed by atoms with Crippen molar-refractivity contribution in [1.82, 2.24) is 4.90 Å². The van der Waals surface area contributed by atoms with Crippen LogP contribution in [0.25, 0.3) is 0 Å². The second-order valence-corrected chi connectivity index (χ2v) is 4.86. The lowest BCUT2D eigenvalue weighted by Crippen LogP contribution is -2.32. The van der Waals surface area contributed by atoms with Crippen LogP contribution in [-0.4, -0.2) is 29.5 Å². The van der Waals surface area contributed by atoms with Gasteiger partial charge in [-0.2, -0.15) is 0 Å². The highest BCUT2D eigenvalue weighted by atomic mass is 16.3. The summed E-state index contributed by atoms with van der Waals surface area (Å²) in [7, 11) is 1.74. The van der Waals surface area contributed by atoms with Crippen LogP contribution in [0.1, 0.15) is 42.6 Å². The third-order valence-corrected chi connectivity index (χ3v) is 3.30. The van der Waals surface area contributed by atoms with Crippen LogP contribution < -0.4 is 0 Å². The second-order valence-electron chi connectivity index (χ2n) is 4.86. The Labute approximate surface area is 109 Å². The van der Waals surface area contributed by atoms with Crippen molar-refractivity contribution in [3.8, 4) is 0 Å². The predicted molar refractivity (Wildman–Crippen MR) is 73.4 cm³/mol. The summed E-state index contributed by atoms with van der Waals surface area (Å²) < 4.78 is 0. The van der Waals surface area contributed by atoms with Crippen LogP contribution in [0.3, 0.4) is 0 Å². The van der Waals surface area contributed by atoms with Crippen LogP contribution in [0.5, 0.6) is 0 Å². The number of amides is 1. The molecule has 0 saturated carbocycles. The first-order valence-corrected chi connectivity index (χ1v) is 6.47. The minimum atomic E-state index is -1.05. The van der Waals surface area contributed by atoms with Gasteiger partial charge in [-0.3, -0.25) is 4.79 Å². The smallest absolute Gasteiger partial charge is 0.255 e. The number of nitrogens with zero attached hydrogens (tertiary/aromatic N) is 1. The van der Waals surface area contributed by atoms with E-state index < -0.39 is 6.10 Å². The summed E-state index contributed by atoms with van der Waals surface area (Å²) in [4.78, 5) is 13.6. The molecular formula is C15H23NO2. The lowest BCUT2D eigenvalue weighted by atomic mass is 10.0. The number of aliphatic hydroxyl groups is 1. The van der Waals surface area contributed by atoms with Crippen LogP contribution in [-0.2, 0) is 4.79 Å². The van der Waals surface area contributed by atoms with Crippen LogP contribution >= 0.6 is 0 Å². The molecule has 100 valence electrons. The van der Waals surface area contributed by atoms with E-state index in [0.717, 1.165) is 24.0 Å². The third-order valence-electron chi connectivity index (χ3n) is 3.30. The molecule has 0 heterocycles. The van der Waals surface area contributed by atoms with Gasteiger partial charge in [0.05, 0.1) is 0 Å². The molecule has 1 N–H and O–H groups in total. The molecule has 1 aromatic carbocycles. The molecule has 0 aliphatic heterocycles. The minimum absolute atomic E-state index is 0.230. The number of aryl methyl sites for hydroxylation is 2. The normalized spacial score (nSPS) is 12.3. The van der Waals surface area contributed by atoms with Gasteiger partial charge in [0.25, 0.3) is 5.91 Å². The van der Waals surface area contributed by atoms with Crippen molar-refractivity contribution in [2.45, 2.75) is 39.7 Å². The molecule has 0 saturated heterocycles. The number of likely N-dealkylation sites (N-methyl/N-ethyl adjacent to an activating group) is 1. The van der Waals surface area contributed by atoms with Gasteiger partial charge in [0.1, 0.15) is 0 Å². The Morgan fingerprint density at radius 3 is 2.56 bits per heavy atom. The fraction of sp³-hybridized carbons (Fsp3) is 0.533. The summed E-state index contributed by atoms with van der Waals surface area (Å²) >= 11 is 0. The topological polar surface area (TPSA) is 40.5 Å². The van der Waals surface area contributed by atoms with E-state index in [9.17, 15) is 9.90 Å². The Hall–Kier alpha value is -1.35. The molecule has 0 fully saturated rings. The third kappa shape index (κ3) is 3.57. The van der Waals surface area contributed by atoms with Gasteiger partial charge in [-0.1, -0.05) is 31.5 Å². The van der Waals surface area contributed by atoms with Gasteiger partial charge in [-0.25, -0.2) is 0 Å². The molecule has 1 amide bonds. The zero-order valence-electron chi connectivity index (χ0n) is 11.7. The fourth-order valence-electron chi connectivity index (χ4n) is 1.79. The number of hydrogen-bond acceptors (Lipinski definition) is 2. The van der Waals surface area contributed by atoms with Crippen LogP contribution in [0, 0.1) is 13.8 Å². The highest BCUT2D eigenvalue weighted by molar-refractivity contribution is 5.81. The standard InChI is InChI=1S/C15H23NO2/c1-5-6-9-16(4)15(18)14(17)13-8-7-11(2)12(3)10-13/h7-8,10,14,17H,5-6,9H2,1-4H3. The number of rotatable bonds is 5. The van der Waals surface area contributed by atoms with Crippen molar-refractivity contribution in [1.29, 1.82) is 0 Å². The molecule has 1 aromatic rings. The lowest BCUT2D eigenvalue weighted by Gasteiger charge is -2.21. The van der Waals surface area contributed by atoms with Crippen molar-refractivity contribution in [3.63, 3.8) is 0 Å². The van der Waals surface area contributed by atoms with Gasteiger partial charge >= 0.3 is 0 Å². The van der Waals surface area contributed by atoms with Crippen LogP contribution in [0.15, 0.2) is 18.2 Å². The van der Waals surface area contributed by atoms with E-state index in [-0.39, 0.29) is 5.91 Å². The molecule has 1 unspecified atom stereocenters. The van der Waals surface area contributed by atoms with E-state index in [0.29, 0.717) is 12.1 Å².